The number of rotatable bonds is 7. The summed E-state index contributed by atoms with van der Waals surface area (Å²) in [5.41, 5.74) is 1.26. The van der Waals surface area contributed by atoms with Crippen LogP contribution in [-0.2, 0) is 11.2 Å². The Morgan fingerprint density at radius 3 is 2.35 bits per heavy atom. The zero-order chi connectivity index (χ0) is 12.7. The van der Waals surface area contributed by atoms with Gasteiger partial charge in [-0.15, -0.1) is 0 Å². The maximum absolute atomic E-state index is 5.94. The molecule has 0 bridgehead atoms. The van der Waals surface area contributed by atoms with Gasteiger partial charge in [-0.3, -0.25) is 0 Å². The molecule has 2 unspecified atom stereocenters. The highest BCUT2D eigenvalue weighted by Crippen LogP contribution is 2.23. The predicted octanol–water partition coefficient (Wildman–Crippen LogP) is 3.02. The zero-order valence-corrected chi connectivity index (χ0v) is 11.5. The molecule has 1 aromatic carbocycles. The summed E-state index contributed by atoms with van der Waals surface area (Å²) >= 11 is 0. The Bertz CT molecular complexity index is 312. The third-order valence-electron chi connectivity index (χ3n) is 3.54. The van der Waals surface area contributed by atoms with Crippen molar-refractivity contribution < 1.29 is 4.74 Å². The second kappa shape index (κ2) is 6.77. The summed E-state index contributed by atoms with van der Waals surface area (Å²) in [4.78, 5) is 0. The van der Waals surface area contributed by atoms with Crippen LogP contribution in [0.2, 0.25) is 0 Å². The van der Waals surface area contributed by atoms with Crippen molar-refractivity contribution in [2.75, 3.05) is 13.7 Å². The monoisotopic (exact) mass is 235 g/mol. The minimum atomic E-state index is -0.0979. The molecule has 0 fully saturated rings. The van der Waals surface area contributed by atoms with E-state index < -0.39 is 0 Å². The van der Waals surface area contributed by atoms with E-state index in [0.29, 0.717) is 6.04 Å². The van der Waals surface area contributed by atoms with E-state index in [4.69, 9.17) is 4.74 Å². The van der Waals surface area contributed by atoms with Gasteiger partial charge in [0.25, 0.3) is 0 Å². The first-order chi connectivity index (χ1) is 8.16. The van der Waals surface area contributed by atoms with Crippen LogP contribution in [0.15, 0.2) is 30.3 Å². The smallest absolute Gasteiger partial charge is 0.0807 e. The maximum Gasteiger partial charge on any atom is 0.0807 e. The largest absolute Gasteiger partial charge is 0.374 e. The number of hydrogen-bond donors (Lipinski definition) is 1. The molecule has 0 amide bonds. The number of nitrogens with one attached hydrogen (secondary N) is 1. The van der Waals surface area contributed by atoms with E-state index in [2.05, 4.69) is 56.4 Å². The molecule has 96 valence electrons. The summed E-state index contributed by atoms with van der Waals surface area (Å²) in [5.74, 6) is 0. The van der Waals surface area contributed by atoms with E-state index in [1.54, 1.807) is 0 Å². The molecule has 0 aliphatic rings. The van der Waals surface area contributed by atoms with Crippen LogP contribution >= 0.6 is 0 Å². The van der Waals surface area contributed by atoms with Gasteiger partial charge in [-0.1, -0.05) is 37.3 Å². The molecule has 0 saturated heterocycles. The molecule has 0 aliphatic carbocycles. The summed E-state index contributed by atoms with van der Waals surface area (Å²) < 4.78 is 5.94. The van der Waals surface area contributed by atoms with Crippen molar-refractivity contribution in [2.24, 2.45) is 0 Å². The average Bonchev–Trinajstić information content (AvgIpc) is 2.37. The lowest BCUT2D eigenvalue weighted by Crippen LogP contribution is -2.50. The fourth-order valence-corrected chi connectivity index (χ4v) is 2.25. The van der Waals surface area contributed by atoms with E-state index >= 15 is 0 Å². The fourth-order valence-electron chi connectivity index (χ4n) is 2.25. The molecule has 2 atom stereocenters. The molecule has 1 aromatic rings. The average molecular weight is 235 g/mol. The van der Waals surface area contributed by atoms with Gasteiger partial charge in [0, 0.05) is 12.6 Å². The fraction of sp³-hybridized carbons (Fsp3) is 0.600. The van der Waals surface area contributed by atoms with Crippen molar-refractivity contribution in [3.8, 4) is 0 Å². The van der Waals surface area contributed by atoms with Crippen LogP contribution in [0.3, 0.4) is 0 Å². The van der Waals surface area contributed by atoms with Crippen LogP contribution < -0.4 is 5.32 Å². The second-order valence-corrected chi connectivity index (χ2v) is 4.63. The predicted molar refractivity (Wildman–Crippen MR) is 73.3 cm³/mol. The second-order valence-electron chi connectivity index (χ2n) is 4.63. The lowest BCUT2D eigenvalue weighted by atomic mass is 9.88. The minimum absolute atomic E-state index is 0.0979. The van der Waals surface area contributed by atoms with Crippen LogP contribution in [0, 0.1) is 0 Å². The topological polar surface area (TPSA) is 21.3 Å². The van der Waals surface area contributed by atoms with Gasteiger partial charge in [0.05, 0.1) is 5.60 Å². The van der Waals surface area contributed by atoms with Gasteiger partial charge in [-0.05, 0) is 39.3 Å². The van der Waals surface area contributed by atoms with Crippen molar-refractivity contribution >= 4 is 0 Å². The maximum atomic E-state index is 5.94. The molecule has 0 aromatic heterocycles. The third kappa shape index (κ3) is 3.83. The molecular formula is C15H25NO. The Hall–Kier alpha value is -0.860. The third-order valence-corrected chi connectivity index (χ3v) is 3.54. The van der Waals surface area contributed by atoms with Crippen molar-refractivity contribution in [3.05, 3.63) is 35.9 Å². The van der Waals surface area contributed by atoms with Crippen LogP contribution in [0.4, 0.5) is 0 Å². The summed E-state index contributed by atoms with van der Waals surface area (Å²) in [5, 5.41) is 3.40. The lowest BCUT2D eigenvalue weighted by molar-refractivity contribution is -0.0534. The molecule has 1 N–H and O–H groups in total. The highest BCUT2D eigenvalue weighted by atomic mass is 16.5. The number of ether oxygens (including phenoxy) is 1. The van der Waals surface area contributed by atoms with Gasteiger partial charge in [-0.2, -0.15) is 0 Å². The van der Waals surface area contributed by atoms with E-state index in [1.807, 2.05) is 7.05 Å². The van der Waals surface area contributed by atoms with Crippen LogP contribution in [-0.4, -0.2) is 25.3 Å². The Kier molecular flexibility index (Phi) is 5.66. The lowest BCUT2D eigenvalue weighted by Gasteiger charge is -2.37. The first-order valence-electron chi connectivity index (χ1n) is 6.51. The summed E-state index contributed by atoms with van der Waals surface area (Å²) in [6.45, 7) is 7.20. The van der Waals surface area contributed by atoms with Gasteiger partial charge < -0.3 is 10.1 Å². The molecule has 0 saturated carbocycles. The molecular weight excluding hydrogens is 210 g/mol. The van der Waals surface area contributed by atoms with E-state index in [-0.39, 0.29) is 5.60 Å². The van der Waals surface area contributed by atoms with Crippen molar-refractivity contribution in [1.82, 2.24) is 5.32 Å². The summed E-state index contributed by atoms with van der Waals surface area (Å²) in [6, 6.07) is 10.9. The first kappa shape index (κ1) is 14.2. The van der Waals surface area contributed by atoms with Crippen molar-refractivity contribution in [3.63, 3.8) is 0 Å². The van der Waals surface area contributed by atoms with Gasteiger partial charge in [0.15, 0.2) is 0 Å². The zero-order valence-electron chi connectivity index (χ0n) is 11.5. The first-order valence-corrected chi connectivity index (χ1v) is 6.51. The normalized spacial score (nSPS) is 16.5. The van der Waals surface area contributed by atoms with E-state index in [1.165, 1.54) is 5.56 Å². The van der Waals surface area contributed by atoms with Crippen molar-refractivity contribution in [1.29, 1.82) is 0 Å². The Balaban J connectivity index is 2.76. The highest BCUT2D eigenvalue weighted by Gasteiger charge is 2.32. The molecule has 2 nitrogen and oxygen atoms in total. The molecule has 0 spiro atoms. The highest BCUT2D eigenvalue weighted by molar-refractivity contribution is 5.17. The van der Waals surface area contributed by atoms with Crippen LogP contribution in [0.1, 0.15) is 32.8 Å². The quantitative estimate of drug-likeness (QED) is 0.784. The molecule has 0 radical (unpaired) electrons. The summed E-state index contributed by atoms with van der Waals surface area (Å²) in [6.07, 6.45) is 2.01. The molecule has 1 rings (SSSR count). The van der Waals surface area contributed by atoms with Crippen molar-refractivity contribution in [2.45, 2.75) is 45.3 Å². The SMILES string of the molecule is CCOC(C)(CC)C(Cc1ccccc1)NC. The molecule has 0 aliphatic heterocycles. The number of hydrogen-bond acceptors (Lipinski definition) is 2. The number of benzene rings is 1. The van der Waals surface area contributed by atoms with E-state index in [9.17, 15) is 0 Å². The van der Waals surface area contributed by atoms with Crippen LogP contribution in [0.5, 0.6) is 0 Å². The standard InChI is InChI=1S/C15H25NO/c1-5-15(3,17-6-2)14(16-4)12-13-10-8-7-9-11-13/h7-11,14,16H,5-6,12H2,1-4H3. The van der Waals surface area contributed by atoms with Gasteiger partial charge >= 0.3 is 0 Å². The van der Waals surface area contributed by atoms with E-state index in [0.717, 1.165) is 19.4 Å². The molecule has 2 heteroatoms. The Morgan fingerprint density at radius 2 is 1.88 bits per heavy atom. The van der Waals surface area contributed by atoms with Gasteiger partial charge in [-0.25, -0.2) is 0 Å². The Morgan fingerprint density at radius 1 is 1.24 bits per heavy atom. The minimum Gasteiger partial charge on any atom is -0.374 e. The van der Waals surface area contributed by atoms with Gasteiger partial charge in [0.1, 0.15) is 0 Å². The molecule has 17 heavy (non-hydrogen) atoms. The molecule has 0 heterocycles. The number of likely N-dealkylation sites (N-methyl/N-ethyl adjacent to an activating group) is 1. The van der Waals surface area contributed by atoms with Crippen LogP contribution in [0.25, 0.3) is 0 Å². The Labute approximate surface area is 105 Å². The summed E-state index contributed by atoms with van der Waals surface area (Å²) in [7, 11) is 2.01. The van der Waals surface area contributed by atoms with Gasteiger partial charge in [0.2, 0.25) is 0 Å².